The average Bonchev–Trinajstić information content (AvgIpc) is 2.38. The second-order valence-electron chi connectivity index (χ2n) is 3.94. The van der Waals surface area contributed by atoms with Crippen LogP contribution >= 0.6 is 11.6 Å². The molecule has 0 bridgehead atoms. The standard InChI is InChI=1S/C12H10ClF3N4/c13-11-19-9(12(14,15)16)7-10(20-11)18-6-3-8-1-4-17-5-2-8/h1-2,4-5,7H,3,6H2,(H,18,19,20). The molecule has 0 aliphatic heterocycles. The van der Waals surface area contributed by atoms with E-state index in [2.05, 4.69) is 20.3 Å². The zero-order valence-electron chi connectivity index (χ0n) is 10.2. The van der Waals surface area contributed by atoms with Crippen molar-refractivity contribution in [2.24, 2.45) is 0 Å². The summed E-state index contributed by atoms with van der Waals surface area (Å²) in [6.07, 6.45) is -0.614. The Balaban J connectivity index is 2.01. The minimum absolute atomic E-state index is 0.0476. The summed E-state index contributed by atoms with van der Waals surface area (Å²) in [5.74, 6) is 0.0476. The maximum absolute atomic E-state index is 12.6. The predicted octanol–water partition coefficient (Wildman–Crippen LogP) is 3.20. The number of hydrogen-bond donors (Lipinski definition) is 1. The highest BCUT2D eigenvalue weighted by molar-refractivity contribution is 6.28. The van der Waals surface area contributed by atoms with Crippen LogP contribution in [-0.4, -0.2) is 21.5 Å². The zero-order chi connectivity index (χ0) is 14.6. The quantitative estimate of drug-likeness (QED) is 0.881. The van der Waals surface area contributed by atoms with Crippen LogP contribution in [0.4, 0.5) is 19.0 Å². The molecule has 0 saturated carbocycles. The van der Waals surface area contributed by atoms with Crippen LogP contribution in [-0.2, 0) is 12.6 Å². The molecule has 0 unspecified atom stereocenters. The van der Waals surface area contributed by atoms with Gasteiger partial charge in [0.25, 0.3) is 0 Å². The molecule has 0 atom stereocenters. The largest absolute Gasteiger partial charge is 0.433 e. The minimum Gasteiger partial charge on any atom is -0.370 e. The Bertz CT molecular complexity index is 575. The second kappa shape index (κ2) is 6.04. The number of nitrogens with one attached hydrogen (secondary N) is 1. The Morgan fingerprint density at radius 1 is 1.15 bits per heavy atom. The molecule has 1 N–H and O–H groups in total. The van der Waals surface area contributed by atoms with E-state index in [0.717, 1.165) is 11.6 Å². The molecule has 2 aromatic rings. The van der Waals surface area contributed by atoms with Crippen LogP contribution in [0.1, 0.15) is 11.3 Å². The van der Waals surface area contributed by atoms with Crippen molar-refractivity contribution in [3.05, 3.63) is 47.1 Å². The third kappa shape index (κ3) is 4.06. The van der Waals surface area contributed by atoms with Crippen LogP contribution in [0, 0.1) is 0 Å². The minimum atomic E-state index is -4.55. The number of alkyl halides is 3. The Hall–Kier alpha value is -1.89. The number of rotatable bonds is 4. The first-order valence-corrected chi connectivity index (χ1v) is 6.07. The van der Waals surface area contributed by atoms with Crippen molar-refractivity contribution in [1.29, 1.82) is 0 Å². The fraction of sp³-hybridized carbons (Fsp3) is 0.250. The molecule has 0 aromatic carbocycles. The van der Waals surface area contributed by atoms with Gasteiger partial charge in [0.2, 0.25) is 5.28 Å². The average molecular weight is 303 g/mol. The van der Waals surface area contributed by atoms with E-state index in [4.69, 9.17) is 11.6 Å². The van der Waals surface area contributed by atoms with E-state index >= 15 is 0 Å². The maximum Gasteiger partial charge on any atom is 0.433 e. The van der Waals surface area contributed by atoms with Crippen molar-refractivity contribution < 1.29 is 13.2 Å². The Morgan fingerprint density at radius 3 is 2.50 bits per heavy atom. The Kier molecular flexibility index (Phi) is 4.39. The first-order chi connectivity index (χ1) is 9.45. The normalized spacial score (nSPS) is 11.4. The van der Waals surface area contributed by atoms with Crippen LogP contribution in [0.15, 0.2) is 30.6 Å². The lowest BCUT2D eigenvalue weighted by atomic mass is 10.2. The van der Waals surface area contributed by atoms with E-state index in [9.17, 15) is 13.2 Å². The van der Waals surface area contributed by atoms with Gasteiger partial charge >= 0.3 is 6.18 Å². The fourth-order valence-electron chi connectivity index (χ4n) is 1.54. The molecule has 8 heteroatoms. The highest BCUT2D eigenvalue weighted by atomic mass is 35.5. The van der Waals surface area contributed by atoms with E-state index in [1.165, 1.54) is 0 Å². The number of hydrogen-bond acceptors (Lipinski definition) is 4. The third-order valence-corrected chi connectivity index (χ3v) is 2.63. The number of nitrogens with zero attached hydrogens (tertiary/aromatic N) is 3. The summed E-state index contributed by atoms with van der Waals surface area (Å²) < 4.78 is 37.7. The summed E-state index contributed by atoms with van der Waals surface area (Å²) in [4.78, 5) is 10.7. The van der Waals surface area contributed by atoms with Gasteiger partial charge in [-0.15, -0.1) is 0 Å². The van der Waals surface area contributed by atoms with E-state index in [1.807, 2.05) is 12.1 Å². The van der Waals surface area contributed by atoms with Gasteiger partial charge in [-0.05, 0) is 35.7 Å². The molecule has 0 amide bonds. The lowest BCUT2D eigenvalue weighted by Crippen LogP contribution is -2.12. The van der Waals surface area contributed by atoms with Crippen LogP contribution in [0.3, 0.4) is 0 Å². The highest BCUT2D eigenvalue weighted by Crippen LogP contribution is 2.29. The van der Waals surface area contributed by atoms with Crippen molar-refractivity contribution >= 4 is 17.4 Å². The number of anilines is 1. The number of halogens is 4. The van der Waals surface area contributed by atoms with Crippen molar-refractivity contribution in [3.63, 3.8) is 0 Å². The molecule has 0 aliphatic carbocycles. The van der Waals surface area contributed by atoms with Crippen molar-refractivity contribution in [3.8, 4) is 0 Å². The third-order valence-electron chi connectivity index (χ3n) is 2.46. The smallest absolute Gasteiger partial charge is 0.370 e. The topological polar surface area (TPSA) is 50.7 Å². The molecule has 2 aromatic heterocycles. The van der Waals surface area contributed by atoms with Crippen LogP contribution < -0.4 is 5.32 Å². The van der Waals surface area contributed by atoms with E-state index in [-0.39, 0.29) is 5.82 Å². The zero-order valence-corrected chi connectivity index (χ0v) is 10.9. The summed E-state index contributed by atoms with van der Waals surface area (Å²) in [5, 5.41) is 2.35. The molecule has 0 radical (unpaired) electrons. The molecule has 106 valence electrons. The lowest BCUT2D eigenvalue weighted by Gasteiger charge is -2.09. The molecule has 0 spiro atoms. The van der Waals surface area contributed by atoms with Gasteiger partial charge in [0.1, 0.15) is 5.82 Å². The summed E-state index contributed by atoms with van der Waals surface area (Å²) in [6, 6.07) is 4.49. The Morgan fingerprint density at radius 2 is 1.85 bits per heavy atom. The molecule has 0 fully saturated rings. The molecule has 20 heavy (non-hydrogen) atoms. The van der Waals surface area contributed by atoms with Gasteiger partial charge in [0.05, 0.1) is 0 Å². The fourth-order valence-corrected chi connectivity index (χ4v) is 1.72. The van der Waals surface area contributed by atoms with Gasteiger partial charge in [-0.25, -0.2) is 9.97 Å². The predicted molar refractivity (Wildman–Crippen MR) is 68.5 cm³/mol. The van der Waals surface area contributed by atoms with E-state index < -0.39 is 17.2 Å². The Labute approximate surface area is 118 Å². The summed E-state index contributed by atoms with van der Waals surface area (Å²) in [7, 11) is 0. The van der Waals surface area contributed by atoms with Crippen LogP contribution in [0.2, 0.25) is 5.28 Å². The summed E-state index contributed by atoms with van der Waals surface area (Å²) in [6.45, 7) is 0.425. The lowest BCUT2D eigenvalue weighted by molar-refractivity contribution is -0.141. The highest BCUT2D eigenvalue weighted by Gasteiger charge is 2.33. The van der Waals surface area contributed by atoms with Gasteiger partial charge in [0, 0.05) is 25.0 Å². The monoisotopic (exact) mass is 302 g/mol. The van der Waals surface area contributed by atoms with Gasteiger partial charge in [-0.2, -0.15) is 13.2 Å². The van der Waals surface area contributed by atoms with Crippen molar-refractivity contribution in [2.75, 3.05) is 11.9 Å². The molecule has 2 rings (SSSR count). The molecular formula is C12H10ClF3N4. The summed E-state index contributed by atoms with van der Waals surface area (Å²) >= 11 is 5.48. The van der Waals surface area contributed by atoms with Gasteiger partial charge in [-0.1, -0.05) is 0 Å². The summed E-state index contributed by atoms with van der Waals surface area (Å²) in [5.41, 5.74) is -0.0485. The second-order valence-corrected chi connectivity index (χ2v) is 4.28. The van der Waals surface area contributed by atoms with Crippen LogP contribution in [0.25, 0.3) is 0 Å². The SMILES string of the molecule is FC(F)(F)c1cc(NCCc2ccncc2)nc(Cl)n1. The van der Waals surface area contributed by atoms with E-state index in [0.29, 0.717) is 13.0 Å². The number of pyridine rings is 1. The van der Waals surface area contributed by atoms with Gasteiger partial charge in [-0.3, -0.25) is 4.98 Å². The van der Waals surface area contributed by atoms with Crippen LogP contribution in [0.5, 0.6) is 0 Å². The molecule has 2 heterocycles. The maximum atomic E-state index is 12.6. The molecule has 0 saturated heterocycles. The van der Waals surface area contributed by atoms with E-state index in [1.54, 1.807) is 12.4 Å². The van der Waals surface area contributed by atoms with Crippen molar-refractivity contribution in [2.45, 2.75) is 12.6 Å². The van der Waals surface area contributed by atoms with Crippen molar-refractivity contribution in [1.82, 2.24) is 15.0 Å². The first-order valence-electron chi connectivity index (χ1n) is 5.70. The molecule has 0 aliphatic rings. The van der Waals surface area contributed by atoms with Gasteiger partial charge in [0.15, 0.2) is 5.69 Å². The number of aromatic nitrogens is 3. The first kappa shape index (κ1) is 14.5. The molecule has 4 nitrogen and oxygen atoms in total. The van der Waals surface area contributed by atoms with Gasteiger partial charge < -0.3 is 5.32 Å². The molecular weight excluding hydrogens is 293 g/mol.